The SMILES string of the molecule is CCCCOCCNc1nc2c(C)cccc2s1. The Hall–Kier alpha value is -1.13. The van der Waals surface area contributed by atoms with Crippen LogP contribution < -0.4 is 5.32 Å². The van der Waals surface area contributed by atoms with Crippen molar-refractivity contribution in [2.75, 3.05) is 25.1 Å². The molecule has 0 amide bonds. The Morgan fingerprint density at radius 2 is 2.22 bits per heavy atom. The normalized spacial score (nSPS) is 11.0. The molecule has 0 aliphatic rings. The molecule has 98 valence electrons. The molecule has 0 unspecified atom stereocenters. The van der Waals surface area contributed by atoms with Crippen molar-refractivity contribution < 1.29 is 4.74 Å². The Balaban J connectivity index is 1.83. The zero-order chi connectivity index (χ0) is 12.8. The minimum atomic E-state index is 0.745. The van der Waals surface area contributed by atoms with Crippen LogP contribution >= 0.6 is 11.3 Å². The van der Waals surface area contributed by atoms with E-state index in [0.29, 0.717) is 0 Å². The standard InChI is InChI=1S/C14H20N2OS/c1-3-4-9-17-10-8-15-14-16-13-11(2)6-5-7-12(13)18-14/h5-7H,3-4,8-10H2,1-2H3,(H,15,16). The highest BCUT2D eigenvalue weighted by atomic mass is 32.1. The monoisotopic (exact) mass is 264 g/mol. The first-order valence-electron chi connectivity index (χ1n) is 6.49. The molecular weight excluding hydrogens is 244 g/mol. The minimum Gasteiger partial charge on any atom is -0.380 e. The van der Waals surface area contributed by atoms with E-state index in [4.69, 9.17) is 4.74 Å². The molecule has 2 aromatic rings. The number of thiazole rings is 1. The second kappa shape index (κ2) is 6.71. The number of nitrogens with zero attached hydrogens (tertiary/aromatic N) is 1. The van der Waals surface area contributed by atoms with Gasteiger partial charge in [-0.25, -0.2) is 4.98 Å². The Morgan fingerprint density at radius 1 is 1.33 bits per heavy atom. The minimum absolute atomic E-state index is 0.745. The number of unbranched alkanes of at least 4 members (excludes halogenated alkanes) is 1. The molecule has 0 saturated heterocycles. The molecule has 0 spiro atoms. The highest BCUT2D eigenvalue weighted by Gasteiger charge is 2.04. The molecule has 0 radical (unpaired) electrons. The van der Waals surface area contributed by atoms with E-state index in [9.17, 15) is 0 Å². The highest BCUT2D eigenvalue weighted by molar-refractivity contribution is 7.22. The zero-order valence-electron chi connectivity index (χ0n) is 11.0. The van der Waals surface area contributed by atoms with Crippen LogP contribution in [-0.4, -0.2) is 24.7 Å². The van der Waals surface area contributed by atoms with Crippen LogP contribution in [0.25, 0.3) is 10.2 Å². The average molecular weight is 264 g/mol. The van der Waals surface area contributed by atoms with E-state index in [1.165, 1.54) is 16.7 Å². The molecule has 0 bridgehead atoms. The van der Waals surface area contributed by atoms with Crippen LogP contribution in [0.4, 0.5) is 5.13 Å². The largest absolute Gasteiger partial charge is 0.380 e. The van der Waals surface area contributed by atoms with Crippen molar-refractivity contribution in [2.45, 2.75) is 26.7 Å². The van der Waals surface area contributed by atoms with Gasteiger partial charge in [-0.1, -0.05) is 36.8 Å². The zero-order valence-corrected chi connectivity index (χ0v) is 11.8. The molecule has 4 heteroatoms. The third-order valence-corrected chi connectivity index (χ3v) is 3.76. The third kappa shape index (κ3) is 3.43. The Bertz CT molecular complexity index is 495. The molecule has 0 atom stereocenters. The number of aromatic nitrogens is 1. The molecule has 18 heavy (non-hydrogen) atoms. The van der Waals surface area contributed by atoms with Gasteiger partial charge in [0.2, 0.25) is 0 Å². The van der Waals surface area contributed by atoms with Crippen LogP contribution in [0.3, 0.4) is 0 Å². The van der Waals surface area contributed by atoms with Gasteiger partial charge in [0.15, 0.2) is 5.13 Å². The van der Waals surface area contributed by atoms with E-state index in [-0.39, 0.29) is 0 Å². The Kier molecular flexibility index (Phi) is 4.96. The van der Waals surface area contributed by atoms with Crippen molar-refractivity contribution in [3.05, 3.63) is 23.8 Å². The predicted octanol–water partition coefficient (Wildman–Crippen LogP) is 3.83. The first-order valence-corrected chi connectivity index (χ1v) is 7.30. The topological polar surface area (TPSA) is 34.1 Å². The van der Waals surface area contributed by atoms with Crippen LogP contribution in [0.2, 0.25) is 0 Å². The molecule has 1 aromatic heterocycles. The summed E-state index contributed by atoms with van der Waals surface area (Å²) in [5.74, 6) is 0. The summed E-state index contributed by atoms with van der Waals surface area (Å²) in [4.78, 5) is 4.60. The van der Waals surface area contributed by atoms with Gasteiger partial charge < -0.3 is 10.1 Å². The summed E-state index contributed by atoms with van der Waals surface area (Å²) in [7, 11) is 0. The summed E-state index contributed by atoms with van der Waals surface area (Å²) < 4.78 is 6.75. The van der Waals surface area contributed by atoms with Crippen molar-refractivity contribution in [3.8, 4) is 0 Å². The van der Waals surface area contributed by atoms with Crippen molar-refractivity contribution in [3.63, 3.8) is 0 Å². The second-order valence-electron chi connectivity index (χ2n) is 4.33. The quantitative estimate of drug-likeness (QED) is 0.772. The lowest BCUT2D eigenvalue weighted by molar-refractivity contribution is 0.141. The lowest BCUT2D eigenvalue weighted by Crippen LogP contribution is -2.09. The maximum atomic E-state index is 5.51. The fourth-order valence-electron chi connectivity index (χ4n) is 1.74. The van der Waals surface area contributed by atoms with Gasteiger partial charge in [0.05, 0.1) is 16.8 Å². The molecule has 3 nitrogen and oxygen atoms in total. The van der Waals surface area contributed by atoms with Crippen LogP contribution in [0.1, 0.15) is 25.3 Å². The lowest BCUT2D eigenvalue weighted by atomic mass is 10.2. The third-order valence-electron chi connectivity index (χ3n) is 2.79. The maximum Gasteiger partial charge on any atom is 0.183 e. The fraction of sp³-hybridized carbons (Fsp3) is 0.500. The molecule has 2 rings (SSSR count). The van der Waals surface area contributed by atoms with Crippen molar-refractivity contribution in [1.82, 2.24) is 4.98 Å². The number of fused-ring (bicyclic) bond motifs is 1. The summed E-state index contributed by atoms with van der Waals surface area (Å²) >= 11 is 1.70. The van der Waals surface area contributed by atoms with Crippen LogP contribution in [0.5, 0.6) is 0 Å². The number of hydrogen-bond acceptors (Lipinski definition) is 4. The number of aryl methyl sites for hydroxylation is 1. The van der Waals surface area contributed by atoms with E-state index in [1.54, 1.807) is 11.3 Å². The number of hydrogen-bond donors (Lipinski definition) is 1. The maximum absolute atomic E-state index is 5.51. The number of para-hydroxylation sites is 1. The molecule has 0 aliphatic heterocycles. The van der Waals surface area contributed by atoms with Gasteiger partial charge in [-0.05, 0) is 25.0 Å². The number of nitrogens with one attached hydrogen (secondary N) is 1. The first kappa shape index (κ1) is 13.3. The fourth-order valence-corrected chi connectivity index (χ4v) is 2.71. The second-order valence-corrected chi connectivity index (χ2v) is 5.36. The number of ether oxygens (including phenoxy) is 1. The van der Waals surface area contributed by atoms with Crippen molar-refractivity contribution in [1.29, 1.82) is 0 Å². The summed E-state index contributed by atoms with van der Waals surface area (Å²) in [5.41, 5.74) is 2.34. The van der Waals surface area contributed by atoms with Gasteiger partial charge >= 0.3 is 0 Å². The van der Waals surface area contributed by atoms with E-state index in [1.807, 2.05) is 0 Å². The van der Waals surface area contributed by atoms with Crippen LogP contribution in [-0.2, 0) is 4.74 Å². The van der Waals surface area contributed by atoms with E-state index in [0.717, 1.165) is 36.8 Å². The average Bonchev–Trinajstić information content (AvgIpc) is 2.78. The molecular formula is C14H20N2OS. The van der Waals surface area contributed by atoms with E-state index in [2.05, 4.69) is 42.3 Å². The van der Waals surface area contributed by atoms with Gasteiger partial charge in [-0.2, -0.15) is 0 Å². The summed E-state index contributed by atoms with van der Waals surface area (Å²) in [6.45, 7) is 6.69. The molecule has 0 saturated carbocycles. The van der Waals surface area contributed by atoms with Gasteiger partial charge in [0.1, 0.15) is 0 Å². The van der Waals surface area contributed by atoms with Gasteiger partial charge in [-0.3, -0.25) is 0 Å². The number of anilines is 1. The van der Waals surface area contributed by atoms with Crippen molar-refractivity contribution >= 4 is 26.7 Å². The van der Waals surface area contributed by atoms with Gasteiger partial charge in [-0.15, -0.1) is 0 Å². The Labute approximate surface area is 112 Å². The van der Waals surface area contributed by atoms with Crippen LogP contribution in [0.15, 0.2) is 18.2 Å². The van der Waals surface area contributed by atoms with Gasteiger partial charge in [0, 0.05) is 13.2 Å². The van der Waals surface area contributed by atoms with Crippen molar-refractivity contribution in [2.24, 2.45) is 0 Å². The summed E-state index contributed by atoms with van der Waals surface area (Å²) in [6.07, 6.45) is 2.32. The lowest BCUT2D eigenvalue weighted by Gasteiger charge is -2.03. The molecule has 0 aliphatic carbocycles. The summed E-state index contributed by atoms with van der Waals surface area (Å²) in [6, 6.07) is 6.29. The van der Waals surface area contributed by atoms with Gasteiger partial charge in [0.25, 0.3) is 0 Å². The van der Waals surface area contributed by atoms with Crippen LogP contribution in [0, 0.1) is 6.92 Å². The van der Waals surface area contributed by atoms with E-state index < -0.39 is 0 Å². The molecule has 0 fully saturated rings. The predicted molar refractivity (Wildman–Crippen MR) is 78.6 cm³/mol. The Morgan fingerprint density at radius 3 is 3.00 bits per heavy atom. The number of benzene rings is 1. The molecule has 1 aromatic carbocycles. The number of rotatable bonds is 7. The van der Waals surface area contributed by atoms with E-state index >= 15 is 0 Å². The molecule has 1 heterocycles. The summed E-state index contributed by atoms with van der Waals surface area (Å²) in [5, 5.41) is 4.31. The highest BCUT2D eigenvalue weighted by Crippen LogP contribution is 2.27. The molecule has 1 N–H and O–H groups in total. The smallest absolute Gasteiger partial charge is 0.183 e. The first-order chi connectivity index (χ1) is 8.81.